The zero-order valence-electron chi connectivity index (χ0n) is 8.86. The SMILES string of the molecule is Cc1csc(CC(N)c2sccc2C)n1. The topological polar surface area (TPSA) is 38.9 Å². The molecule has 0 fully saturated rings. The van der Waals surface area contributed by atoms with Crippen molar-refractivity contribution >= 4 is 22.7 Å². The summed E-state index contributed by atoms with van der Waals surface area (Å²) in [5.41, 5.74) is 8.54. The summed E-state index contributed by atoms with van der Waals surface area (Å²) in [7, 11) is 0. The van der Waals surface area contributed by atoms with Crippen molar-refractivity contribution in [2.45, 2.75) is 26.3 Å². The molecule has 80 valence electrons. The lowest BCUT2D eigenvalue weighted by molar-refractivity contribution is 0.726. The summed E-state index contributed by atoms with van der Waals surface area (Å²) >= 11 is 3.43. The number of rotatable bonds is 3. The fraction of sp³-hybridized carbons (Fsp3) is 0.364. The van der Waals surface area contributed by atoms with Crippen molar-refractivity contribution in [2.75, 3.05) is 0 Å². The first kappa shape index (κ1) is 10.8. The minimum atomic E-state index is 0.0931. The van der Waals surface area contributed by atoms with E-state index in [0.29, 0.717) is 0 Å². The van der Waals surface area contributed by atoms with E-state index < -0.39 is 0 Å². The summed E-state index contributed by atoms with van der Waals surface area (Å²) in [5, 5.41) is 5.30. The molecule has 0 amide bonds. The zero-order chi connectivity index (χ0) is 10.8. The minimum Gasteiger partial charge on any atom is -0.323 e. The van der Waals surface area contributed by atoms with Crippen LogP contribution in [0.5, 0.6) is 0 Å². The van der Waals surface area contributed by atoms with Crippen LogP contribution in [0.1, 0.15) is 27.2 Å². The van der Waals surface area contributed by atoms with Crippen LogP contribution >= 0.6 is 22.7 Å². The van der Waals surface area contributed by atoms with Crippen LogP contribution in [0.2, 0.25) is 0 Å². The Labute approximate surface area is 97.8 Å². The zero-order valence-corrected chi connectivity index (χ0v) is 10.5. The van der Waals surface area contributed by atoms with E-state index in [4.69, 9.17) is 5.73 Å². The van der Waals surface area contributed by atoms with Crippen LogP contribution in [0, 0.1) is 13.8 Å². The summed E-state index contributed by atoms with van der Waals surface area (Å²) in [6.07, 6.45) is 0.847. The smallest absolute Gasteiger partial charge is 0.0947 e. The first-order valence-electron chi connectivity index (χ1n) is 4.87. The van der Waals surface area contributed by atoms with Crippen molar-refractivity contribution in [2.24, 2.45) is 5.73 Å². The maximum Gasteiger partial charge on any atom is 0.0947 e. The van der Waals surface area contributed by atoms with Crippen molar-refractivity contribution in [3.63, 3.8) is 0 Å². The van der Waals surface area contributed by atoms with Gasteiger partial charge in [-0.25, -0.2) is 4.98 Å². The fourth-order valence-electron chi connectivity index (χ4n) is 1.54. The number of nitrogens with zero attached hydrogens (tertiary/aromatic N) is 1. The Morgan fingerprint density at radius 1 is 1.40 bits per heavy atom. The highest BCUT2D eigenvalue weighted by atomic mass is 32.1. The Bertz CT molecular complexity index is 445. The van der Waals surface area contributed by atoms with E-state index in [-0.39, 0.29) is 6.04 Å². The first-order valence-corrected chi connectivity index (χ1v) is 6.63. The van der Waals surface area contributed by atoms with Gasteiger partial charge in [0, 0.05) is 28.4 Å². The second-order valence-corrected chi connectivity index (χ2v) is 5.55. The third-order valence-electron chi connectivity index (χ3n) is 2.30. The number of hydrogen-bond acceptors (Lipinski definition) is 4. The van der Waals surface area contributed by atoms with Crippen molar-refractivity contribution < 1.29 is 0 Å². The van der Waals surface area contributed by atoms with Gasteiger partial charge in [-0.1, -0.05) is 0 Å². The number of thiophene rings is 1. The highest BCUT2D eigenvalue weighted by molar-refractivity contribution is 7.10. The lowest BCUT2D eigenvalue weighted by Gasteiger charge is -2.08. The molecule has 0 aliphatic carbocycles. The molecule has 4 heteroatoms. The molecule has 0 bridgehead atoms. The molecule has 15 heavy (non-hydrogen) atoms. The molecular formula is C11H14N2S2. The molecule has 2 nitrogen and oxygen atoms in total. The molecule has 0 saturated heterocycles. The Morgan fingerprint density at radius 3 is 2.73 bits per heavy atom. The lowest BCUT2D eigenvalue weighted by atomic mass is 10.1. The van der Waals surface area contributed by atoms with E-state index in [2.05, 4.69) is 28.7 Å². The maximum atomic E-state index is 6.16. The van der Waals surface area contributed by atoms with Gasteiger partial charge in [0.1, 0.15) is 0 Å². The summed E-state index contributed by atoms with van der Waals surface area (Å²) in [6.45, 7) is 4.13. The average Bonchev–Trinajstić information content (AvgIpc) is 2.75. The number of thiazole rings is 1. The van der Waals surface area contributed by atoms with Crippen molar-refractivity contribution in [1.82, 2.24) is 4.98 Å². The highest BCUT2D eigenvalue weighted by Gasteiger charge is 2.12. The molecule has 0 spiro atoms. The Kier molecular flexibility index (Phi) is 3.19. The molecule has 2 rings (SSSR count). The standard InChI is InChI=1S/C11H14N2S2/c1-7-3-4-14-11(7)9(12)5-10-13-8(2)6-15-10/h3-4,6,9H,5,12H2,1-2H3. The van der Waals surface area contributed by atoms with Crippen LogP contribution in [0.25, 0.3) is 0 Å². The quantitative estimate of drug-likeness (QED) is 0.892. The van der Waals surface area contributed by atoms with E-state index in [1.807, 2.05) is 6.92 Å². The van der Waals surface area contributed by atoms with Crippen LogP contribution in [-0.2, 0) is 6.42 Å². The number of aromatic nitrogens is 1. The molecule has 0 aromatic carbocycles. The molecule has 1 unspecified atom stereocenters. The fourth-order valence-corrected chi connectivity index (χ4v) is 3.30. The largest absolute Gasteiger partial charge is 0.323 e. The first-order chi connectivity index (χ1) is 7.16. The maximum absolute atomic E-state index is 6.16. The van der Waals surface area contributed by atoms with E-state index in [1.54, 1.807) is 22.7 Å². The Morgan fingerprint density at radius 2 is 2.20 bits per heavy atom. The third kappa shape index (κ3) is 2.45. The third-order valence-corrected chi connectivity index (χ3v) is 4.44. The molecule has 1 atom stereocenters. The molecule has 2 aromatic rings. The van der Waals surface area contributed by atoms with Gasteiger partial charge in [-0.05, 0) is 30.9 Å². The molecular weight excluding hydrogens is 224 g/mol. The molecule has 0 saturated carbocycles. The van der Waals surface area contributed by atoms with Gasteiger partial charge in [0.05, 0.1) is 5.01 Å². The van der Waals surface area contributed by atoms with Gasteiger partial charge < -0.3 is 5.73 Å². The van der Waals surface area contributed by atoms with Crippen molar-refractivity contribution in [3.05, 3.63) is 38.0 Å². The van der Waals surface area contributed by atoms with E-state index in [0.717, 1.165) is 17.1 Å². The van der Waals surface area contributed by atoms with Gasteiger partial charge in [0.2, 0.25) is 0 Å². The average molecular weight is 238 g/mol. The van der Waals surface area contributed by atoms with Crippen molar-refractivity contribution in [3.8, 4) is 0 Å². The summed E-state index contributed by atoms with van der Waals surface area (Å²) in [4.78, 5) is 5.71. The molecule has 2 aromatic heterocycles. The van der Waals surface area contributed by atoms with Crippen LogP contribution in [-0.4, -0.2) is 4.98 Å². The Hall–Kier alpha value is -0.710. The normalized spacial score (nSPS) is 13.0. The summed E-state index contributed by atoms with van der Waals surface area (Å²) < 4.78 is 0. The molecule has 2 N–H and O–H groups in total. The van der Waals surface area contributed by atoms with Gasteiger partial charge in [-0.15, -0.1) is 22.7 Å². The lowest BCUT2D eigenvalue weighted by Crippen LogP contribution is -2.12. The predicted octanol–water partition coefficient (Wildman–Crippen LogP) is 3.06. The van der Waals surface area contributed by atoms with Gasteiger partial charge in [-0.3, -0.25) is 0 Å². The molecule has 0 radical (unpaired) electrons. The van der Waals surface area contributed by atoms with Gasteiger partial charge in [0.15, 0.2) is 0 Å². The van der Waals surface area contributed by atoms with E-state index in [1.165, 1.54) is 10.4 Å². The van der Waals surface area contributed by atoms with Crippen LogP contribution < -0.4 is 5.73 Å². The van der Waals surface area contributed by atoms with Crippen LogP contribution in [0.4, 0.5) is 0 Å². The number of aryl methyl sites for hydroxylation is 2. The minimum absolute atomic E-state index is 0.0931. The van der Waals surface area contributed by atoms with Crippen molar-refractivity contribution in [1.29, 1.82) is 0 Å². The summed E-state index contributed by atoms with van der Waals surface area (Å²) in [6, 6.07) is 2.21. The number of hydrogen-bond donors (Lipinski definition) is 1. The van der Waals surface area contributed by atoms with Gasteiger partial charge in [-0.2, -0.15) is 0 Å². The second-order valence-electron chi connectivity index (χ2n) is 3.66. The van der Waals surface area contributed by atoms with Gasteiger partial charge in [0.25, 0.3) is 0 Å². The summed E-state index contributed by atoms with van der Waals surface area (Å²) in [5.74, 6) is 0. The van der Waals surface area contributed by atoms with Crippen LogP contribution in [0.3, 0.4) is 0 Å². The predicted molar refractivity (Wildman–Crippen MR) is 66.5 cm³/mol. The van der Waals surface area contributed by atoms with E-state index in [9.17, 15) is 0 Å². The molecule has 2 heterocycles. The monoisotopic (exact) mass is 238 g/mol. The number of nitrogens with two attached hydrogens (primary N) is 1. The van der Waals surface area contributed by atoms with Crippen LogP contribution in [0.15, 0.2) is 16.8 Å². The molecule has 0 aliphatic rings. The Balaban J connectivity index is 2.10. The van der Waals surface area contributed by atoms with E-state index >= 15 is 0 Å². The highest BCUT2D eigenvalue weighted by Crippen LogP contribution is 2.25. The second kappa shape index (κ2) is 4.43. The van der Waals surface area contributed by atoms with Gasteiger partial charge >= 0.3 is 0 Å². The molecule has 0 aliphatic heterocycles.